The Kier molecular flexibility index (Phi) is 6.30. The van der Waals surface area contributed by atoms with E-state index in [0.717, 1.165) is 37.0 Å². The first-order valence-corrected chi connectivity index (χ1v) is 12.0. The van der Waals surface area contributed by atoms with Gasteiger partial charge >= 0.3 is 12.1 Å². The van der Waals surface area contributed by atoms with Gasteiger partial charge in [0.1, 0.15) is 11.2 Å². The monoisotopic (exact) mass is 510 g/mol. The van der Waals surface area contributed by atoms with Crippen LogP contribution in [-0.2, 0) is 12.7 Å². The highest BCUT2D eigenvalue weighted by Gasteiger charge is 2.31. The van der Waals surface area contributed by atoms with E-state index < -0.39 is 17.7 Å². The molecule has 3 aromatic heterocycles. The largest absolute Gasteiger partial charge is 0.475 e. The molecule has 0 saturated heterocycles. The van der Waals surface area contributed by atoms with Gasteiger partial charge < -0.3 is 15.0 Å². The molecule has 0 amide bonds. The Hall–Kier alpha value is -4.02. The average Bonchev–Trinajstić information content (AvgIpc) is 3.16. The van der Waals surface area contributed by atoms with Gasteiger partial charge in [0.25, 0.3) is 0 Å². The maximum Gasteiger partial charge on any atom is 0.416 e. The summed E-state index contributed by atoms with van der Waals surface area (Å²) in [5, 5.41) is 13.0. The molecule has 1 aliphatic rings. The quantitative estimate of drug-likeness (QED) is 0.335. The lowest BCUT2D eigenvalue weighted by atomic mass is 9.80. The van der Waals surface area contributed by atoms with E-state index in [1.165, 1.54) is 12.1 Å². The summed E-state index contributed by atoms with van der Waals surface area (Å²) in [6.45, 7) is 4.05. The second kappa shape index (κ2) is 9.45. The zero-order chi connectivity index (χ0) is 26.3. The lowest BCUT2D eigenvalue weighted by molar-refractivity contribution is -0.137. The van der Waals surface area contributed by atoms with Gasteiger partial charge in [-0.15, -0.1) is 0 Å². The number of imidazole rings is 1. The minimum absolute atomic E-state index is 0.0305. The van der Waals surface area contributed by atoms with Crippen molar-refractivity contribution in [2.45, 2.75) is 51.9 Å². The van der Waals surface area contributed by atoms with Gasteiger partial charge in [0.15, 0.2) is 17.3 Å². The molecule has 3 heterocycles. The van der Waals surface area contributed by atoms with E-state index in [9.17, 15) is 23.1 Å². The Balaban J connectivity index is 1.69. The summed E-state index contributed by atoms with van der Waals surface area (Å²) in [6.07, 6.45) is 0.461. The number of carboxylic acid groups (broad SMARTS) is 1. The van der Waals surface area contributed by atoms with Gasteiger partial charge in [0, 0.05) is 18.8 Å². The third kappa shape index (κ3) is 4.85. The summed E-state index contributed by atoms with van der Waals surface area (Å²) in [4.78, 5) is 29.4. The van der Waals surface area contributed by atoms with Crippen LogP contribution in [-0.4, -0.2) is 41.6 Å². The first-order chi connectivity index (χ1) is 17.6. The van der Waals surface area contributed by atoms with Crippen molar-refractivity contribution in [3.63, 3.8) is 0 Å². The first kappa shape index (κ1) is 24.7. The minimum atomic E-state index is -4.44. The lowest BCUT2D eigenvalue weighted by Gasteiger charge is -2.32. The molecule has 1 fully saturated rings. The van der Waals surface area contributed by atoms with Crippen LogP contribution in [0.25, 0.3) is 22.7 Å². The molecule has 37 heavy (non-hydrogen) atoms. The zero-order valence-electron chi connectivity index (χ0n) is 20.3. The molecule has 8 nitrogen and oxygen atoms in total. The molecule has 4 aromatic rings. The first-order valence-electron chi connectivity index (χ1n) is 12.0. The van der Waals surface area contributed by atoms with E-state index >= 15 is 0 Å². The Bertz CT molecular complexity index is 1460. The number of nitrogens with zero attached hydrogens (tertiary/aromatic N) is 5. The number of aromatic nitrogens is 5. The van der Waals surface area contributed by atoms with Crippen molar-refractivity contribution >= 4 is 23.0 Å². The van der Waals surface area contributed by atoms with Crippen molar-refractivity contribution in [2.24, 2.45) is 5.92 Å². The van der Waals surface area contributed by atoms with Crippen LogP contribution >= 0.6 is 0 Å². The number of carboxylic acids is 1. The molecule has 0 radical (unpaired) electrons. The van der Waals surface area contributed by atoms with E-state index in [1.807, 2.05) is 19.9 Å². The standard InChI is InChI=1S/C26H25F3N6O2/c1-14-5-4-12-30-19(14)24-34-22-20(35(24)13-16-8-10-18(11-9-16)26(27,28)29)21(32-23(33-22)25(36)37)31-15(2)17-6-3-7-17/h4-5,8-12,15,17H,3,6-7,13H2,1-2H3,(H,36,37)(H,31,32,33). The topological polar surface area (TPSA) is 106 Å². The van der Waals surface area contributed by atoms with Gasteiger partial charge in [0.05, 0.1) is 5.56 Å². The van der Waals surface area contributed by atoms with Crippen molar-refractivity contribution in [1.29, 1.82) is 0 Å². The van der Waals surface area contributed by atoms with E-state index in [0.29, 0.717) is 34.3 Å². The Labute approximate surface area is 210 Å². The molecule has 192 valence electrons. The molecule has 2 N–H and O–H groups in total. The van der Waals surface area contributed by atoms with Gasteiger partial charge in [-0.1, -0.05) is 24.6 Å². The number of aryl methyl sites for hydroxylation is 1. The molecule has 1 unspecified atom stereocenters. The van der Waals surface area contributed by atoms with Crippen molar-refractivity contribution in [3.05, 3.63) is 65.1 Å². The second-order valence-electron chi connectivity index (χ2n) is 9.38. The van der Waals surface area contributed by atoms with Crippen molar-refractivity contribution < 1.29 is 23.1 Å². The number of aromatic carboxylic acids is 1. The zero-order valence-corrected chi connectivity index (χ0v) is 20.3. The molecule has 0 bridgehead atoms. The summed E-state index contributed by atoms with van der Waals surface area (Å²) in [5.41, 5.74) is 1.89. The number of alkyl halides is 3. The van der Waals surface area contributed by atoms with E-state index in [1.54, 1.807) is 16.8 Å². The smallest absolute Gasteiger partial charge is 0.416 e. The highest BCUT2D eigenvalue weighted by atomic mass is 19.4. The normalized spacial score (nSPS) is 14.9. The van der Waals surface area contributed by atoms with Crippen LogP contribution in [0.5, 0.6) is 0 Å². The lowest BCUT2D eigenvalue weighted by Crippen LogP contribution is -2.31. The van der Waals surface area contributed by atoms with Crippen LogP contribution in [0.2, 0.25) is 0 Å². The van der Waals surface area contributed by atoms with Crippen LogP contribution in [0.1, 0.15) is 53.5 Å². The summed E-state index contributed by atoms with van der Waals surface area (Å²) in [7, 11) is 0. The van der Waals surface area contributed by atoms with E-state index in [2.05, 4.69) is 25.3 Å². The van der Waals surface area contributed by atoms with Crippen LogP contribution < -0.4 is 5.32 Å². The SMILES string of the molecule is Cc1cccnc1-c1nc2nc(C(=O)O)nc(NC(C)C3CCC3)c2n1Cc1ccc(C(F)(F)F)cc1. The van der Waals surface area contributed by atoms with Crippen molar-refractivity contribution in [3.8, 4) is 11.5 Å². The molecule has 1 saturated carbocycles. The Morgan fingerprint density at radius 1 is 1.16 bits per heavy atom. The predicted octanol–water partition coefficient (Wildman–Crippen LogP) is 5.56. The third-order valence-electron chi connectivity index (χ3n) is 6.86. The van der Waals surface area contributed by atoms with Crippen molar-refractivity contribution in [1.82, 2.24) is 24.5 Å². The second-order valence-corrected chi connectivity index (χ2v) is 9.38. The summed E-state index contributed by atoms with van der Waals surface area (Å²) in [6, 6.07) is 8.60. The average molecular weight is 511 g/mol. The fourth-order valence-electron chi connectivity index (χ4n) is 4.54. The van der Waals surface area contributed by atoms with Gasteiger partial charge in [-0.05, 0) is 61.9 Å². The number of pyridine rings is 1. The number of hydrogen-bond donors (Lipinski definition) is 2. The fourth-order valence-corrected chi connectivity index (χ4v) is 4.54. The molecule has 0 spiro atoms. The Morgan fingerprint density at radius 3 is 2.49 bits per heavy atom. The van der Waals surface area contributed by atoms with Gasteiger partial charge in [-0.25, -0.2) is 19.7 Å². The Morgan fingerprint density at radius 2 is 1.89 bits per heavy atom. The number of fused-ring (bicyclic) bond motifs is 1. The van der Waals surface area contributed by atoms with E-state index in [4.69, 9.17) is 0 Å². The molecule has 1 atom stereocenters. The van der Waals surface area contributed by atoms with Gasteiger partial charge in [0.2, 0.25) is 5.82 Å². The number of benzene rings is 1. The molecule has 1 aliphatic carbocycles. The molecule has 5 rings (SSSR count). The van der Waals surface area contributed by atoms with Crippen LogP contribution in [0.15, 0.2) is 42.6 Å². The summed E-state index contributed by atoms with van der Waals surface area (Å²) >= 11 is 0. The third-order valence-corrected chi connectivity index (χ3v) is 6.86. The summed E-state index contributed by atoms with van der Waals surface area (Å²) in [5.74, 6) is -0.499. The van der Waals surface area contributed by atoms with Crippen molar-refractivity contribution in [2.75, 3.05) is 5.32 Å². The highest BCUT2D eigenvalue weighted by molar-refractivity contribution is 5.92. The van der Waals surface area contributed by atoms with E-state index in [-0.39, 0.29) is 24.1 Å². The number of nitrogens with one attached hydrogen (secondary N) is 1. The molecular weight excluding hydrogens is 485 g/mol. The number of carbonyl (C=O) groups is 1. The maximum absolute atomic E-state index is 13.1. The van der Waals surface area contributed by atoms with Crippen LogP contribution in [0.3, 0.4) is 0 Å². The number of rotatable bonds is 7. The minimum Gasteiger partial charge on any atom is -0.475 e. The molecule has 11 heteroatoms. The molecule has 1 aromatic carbocycles. The summed E-state index contributed by atoms with van der Waals surface area (Å²) < 4.78 is 41.1. The number of halogens is 3. The maximum atomic E-state index is 13.1. The number of hydrogen-bond acceptors (Lipinski definition) is 6. The predicted molar refractivity (Wildman–Crippen MR) is 131 cm³/mol. The van der Waals surface area contributed by atoms with Crippen LogP contribution in [0, 0.1) is 12.8 Å². The van der Waals surface area contributed by atoms with Gasteiger partial charge in [-0.2, -0.15) is 13.2 Å². The highest BCUT2D eigenvalue weighted by Crippen LogP contribution is 2.34. The van der Waals surface area contributed by atoms with Crippen LogP contribution in [0.4, 0.5) is 19.0 Å². The number of anilines is 1. The van der Waals surface area contributed by atoms with Gasteiger partial charge in [-0.3, -0.25) is 4.98 Å². The fraction of sp³-hybridized carbons (Fsp3) is 0.346. The molecule has 0 aliphatic heterocycles. The molecular formula is C26H25F3N6O2.